The Morgan fingerprint density at radius 2 is 1.87 bits per heavy atom. The Bertz CT molecular complexity index is 171. The summed E-state index contributed by atoms with van der Waals surface area (Å²) in [6.07, 6.45) is 1.11. The Kier molecular flexibility index (Phi) is 8.27. The quantitative estimate of drug-likeness (QED) is 0.472. The highest BCUT2D eigenvalue weighted by atomic mass is 16.8. The molecule has 0 bridgehead atoms. The van der Waals surface area contributed by atoms with Crippen LogP contribution in [0.2, 0.25) is 0 Å². The number of ether oxygens (including phenoxy) is 3. The van der Waals surface area contributed by atoms with Crippen LogP contribution in [0.15, 0.2) is 0 Å². The van der Waals surface area contributed by atoms with Crippen molar-refractivity contribution in [2.24, 2.45) is 0 Å². The molecule has 0 aliphatic carbocycles. The van der Waals surface area contributed by atoms with Crippen molar-refractivity contribution in [3.8, 4) is 0 Å². The molecule has 0 aromatic rings. The molecule has 5 heteroatoms. The zero-order valence-corrected chi connectivity index (χ0v) is 9.56. The molecule has 0 spiro atoms. The van der Waals surface area contributed by atoms with Gasteiger partial charge in [-0.15, -0.1) is 0 Å². The monoisotopic (exact) mass is 220 g/mol. The molecule has 0 radical (unpaired) electrons. The maximum atomic E-state index is 10.2. The van der Waals surface area contributed by atoms with Gasteiger partial charge in [0.2, 0.25) is 0 Å². The molecular formula is C10H20O5. The van der Waals surface area contributed by atoms with E-state index in [4.69, 9.17) is 19.3 Å². The first kappa shape index (κ1) is 14.3. The fourth-order valence-corrected chi connectivity index (χ4v) is 0.931. The van der Waals surface area contributed by atoms with E-state index in [9.17, 15) is 4.79 Å². The number of rotatable bonds is 9. The summed E-state index contributed by atoms with van der Waals surface area (Å²) in [6.45, 7) is 5.76. The van der Waals surface area contributed by atoms with Gasteiger partial charge in [0.1, 0.15) is 6.61 Å². The van der Waals surface area contributed by atoms with Crippen molar-refractivity contribution in [2.75, 3.05) is 13.2 Å². The van der Waals surface area contributed by atoms with Crippen molar-refractivity contribution in [1.82, 2.24) is 0 Å². The molecule has 2 atom stereocenters. The SMILES string of the molecule is CCCCOC(C)OC(C)OCC(=O)O. The van der Waals surface area contributed by atoms with E-state index in [1.54, 1.807) is 13.8 Å². The standard InChI is InChI=1S/C10H20O5/c1-4-5-6-13-8(2)15-9(3)14-7-10(11)12/h8-9H,4-7H2,1-3H3,(H,11,12). The third-order valence-corrected chi connectivity index (χ3v) is 1.68. The van der Waals surface area contributed by atoms with Gasteiger partial charge in [-0.3, -0.25) is 0 Å². The molecule has 90 valence electrons. The largest absolute Gasteiger partial charge is 0.480 e. The Morgan fingerprint density at radius 1 is 1.27 bits per heavy atom. The number of hydrogen-bond donors (Lipinski definition) is 1. The molecule has 0 fully saturated rings. The highest BCUT2D eigenvalue weighted by molar-refractivity contribution is 5.67. The first-order valence-electron chi connectivity index (χ1n) is 5.16. The van der Waals surface area contributed by atoms with E-state index in [2.05, 4.69) is 6.92 Å². The second-order valence-electron chi connectivity index (χ2n) is 3.20. The molecule has 0 rings (SSSR count). The predicted octanol–water partition coefficient (Wildman–Crippen LogP) is 1.61. The first-order chi connectivity index (χ1) is 7.06. The number of carbonyl (C=O) groups is 1. The summed E-state index contributed by atoms with van der Waals surface area (Å²) >= 11 is 0. The van der Waals surface area contributed by atoms with Crippen LogP contribution in [0.4, 0.5) is 0 Å². The van der Waals surface area contributed by atoms with Gasteiger partial charge in [-0.2, -0.15) is 0 Å². The van der Waals surface area contributed by atoms with E-state index in [-0.39, 0.29) is 12.9 Å². The molecule has 0 saturated heterocycles. The summed E-state index contributed by atoms with van der Waals surface area (Å²) in [4.78, 5) is 10.2. The molecule has 0 aliphatic heterocycles. The first-order valence-corrected chi connectivity index (χ1v) is 5.16. The molecule has 0 amide bonds. The lowest BCUT2D eigenvalue weighted by Crippen LogP contribution is -2.24. The second kappa shape index (κ2) is 8.64. The molecular weight excluding hydrogens is 200 g/mol. The smallest absolute Gasteiger partial charge is 0.329 e. The zero-order chi connectivity index (χ0) is 11.7. The van der Waals surface area contributed by atoms with Gasteiger partial charge in [-0.25, -0.2) is 4.79 Å². The fraction of sp³-hybridized carbons (Fsp3) is 0.900. The van der Waals surface area contributed by atoms with Gasteiger partial charge in [0.15, 0.2) is 12.6 Å². The molecule has 0 saturated carbocycles. The van der Waals surface area contributed by atoms with Crippen molar-refractivity contribution in [2.45, 2.75) is 46.2 Å². The van der Waals surface area contributed by atoms with Gasteiger partial charge in [-0.05, 0) is 20.3 Å². The molecule has 15 heavy (non-hydrogen) atoms. The Labute approximate surface area is 90.3 Å². The van der Waals surface area contributed by atoms with Crippen LogP contribution < -0.4 is 0 Å². The summed E-state index contributed by atoms with van der Waals surface area (Å²) in [6, 6.07) is 0. The van der Waals surface area contributed by atoms with Crippen LogP contribution in [0.3, 0.4) is 0 Å². The fourth-order valence-electron chi connectivity index (χ4n) is 0.931. The van der Waals surface area contributed by atoms with Crippen LogP contribution in [0.1, 0.15) is 33.6 Å². The summed E-state index contributed by atoms with van der Waals surface area (Å²) in [7, 11) is 0. The normalized spacial score (nSPS) is 14.9. The molecule has 1 N–H and O–H groups in total. The number of carboxylic acids is 1. The Morgan fingerprint density at radius 3 is 2.40 bits per heavy atom. The lowest BCUT2D eigenvalue weighted by atomic mass is 10.4. The summed E-state index contributed by atoms with van der Waals surface area (Å²) in [5, 5.41) is 8.36. The number of carboxylic acid groups (broad SMARTS) is 1. The number of aliphatic carboxylic acids is 1. The van der Waals surface area contributed by atoms with Gasteiger partial charge >= 0.3 is 5.97 Å². The van der Waals surface area contributed by atoms with Crippen molar-refractivity contribution >= 4 is 5.97 Å². The summed E-state index contributed by atoms with van der Waals surface area (Å²) in [5.74, 6) is -1.01. The highest BCUT2D eigenvalue weighted by Crippen LogP contribution is 2.02. The lowest BCUT2D eigenvalue weighted by Gasteiger charge is -2.18. The topological polar surface area (TPSA) is 65.0 Å². The molecule has 0 aliphatic rings. The van der Waals surface area contributed by atoms with Crippen molar-refractivity contribution < 1.29 is 24.1 Å². The van der Waals surface area contributed by atoms with Crippen LogP contribution in [-0.2, 0) is 19.0 Å². The predicted molar refractivity (Wildman–Crippen MR) is 54.5 cm³/mol. The van der Waals surface area contributed by atoms with E-state index >= 15 is 0 Å². The molecule has 0 heterocycles. The Balaban J connectivity index is 3.48. The number of hydrogen-bond acceptors (Lipinski definition) is 4. The van der Waals surface area contributed by atoms with Crippen molar-refractivity contribution in [1.29, 1.82) is 0 Å². The minimum atomic E-state index is -1.01. The third-order valence-electron chi connectivity index (χ3n) is 1.68. The van der Waals surface area contributed by atoms with E-state index < -0.39 is 12.3 Å². The van der Waals surface area contributed by atoms with Gasteiger partial charge < -0.3 is 19.3 Å². The third kappa shape index (κ3) is 9.65. The van der Waals surface area contributed by atoms with Crippen LogP contribution in [-0.4, -0.2) is 36.9 Å². The van der Waals surface area contributed by atoms with Crippen molar-refractivity contribution in [3.05, 3.63) is 0 Å². The second-order valence-corrected chi connectivity index (χ2v) is 3.20. The number of unbranched alkanes of at least 4 members (excludes halogenated alkanes) is 1. The van der Waals surface area contributed by atoms with Gasteiger partial charge in [0, 0.05) is 6.61 Å². The van der Waals surface area contributed by atoms with Gasteiger partial charge in [0.25, 0.3) is 0 Å². The lowest BCUT2D eigenvalue weighted by molar-refractivity contribution is -0.232. The van der Waals surface area contributed by atoms with Gasteiger partial charge in [-0.1, -0.05) is 13.3 Å². The maximum absolute atomic E-state index is 10.2. The van der Waals surface area contributed by atoms with E-state index in [1.807, 2.05) is 0 Å². The molecule has 2 unspecified atom stereocenters. The molecule has 5 nitrogen and oxygen atoms in total. The van der Waals surface area contributed by atoms with Crippen LogP contribution in [0.5, 0.6) is 0 Å². The maximum Gasteiger partial charge on any atom is 0.329 e. The highest BCUT2D eigenvalue weighted by Gasteiger charge is 2.10. The minimum Gasteiger partial charge on any atom is -0.480 e. The van der Waals surface area contributed by atoms with Crippen LogP contribution >= 0.6 is 0 Å². The molecule has 0 aromatic carbocycles. The van der Waals surface area contributed by atoms with Crippen molar-refractivity contribution in [3.63, 3.8) is 0 Å². The van der Waals surface area contributed by atoms with Crippen LogP contribution in [0.25, 0.3) is 0 Å². The average Bonchev–Trinajstić information content (AvgIpc) is 2.15. The van der Waals surface area contributed by atoms with E-state index in [0.29, 0.717) is 6.61 Å². The average molecular weight is 220 g/mol. The van der Waals surface area contributed by atoms with E-state index in [0.717, 1.165) is 12.8 Å². The summed E-state index contributed by atoms with van der Waals surface area (Å²) < 4.78 is 15.4. The van der Waals surface area contributed by atoms with Crippen LogP contribution in [0, 0.1) is 0 Å². The van der Waals surface area contributed by atoms with E-state index in [1.165, 1.54) is 0 Å². The zero-order valence-electron chi connectivity index (χ0n) is 9.56. The summed E-state index contributed by atoms with van der Waals surface area (Å²) in [5.41, 5.74) is 0. The minimum absolute atomic E-state index is 0.358. The van der Waals surface area contributed by atoms with Gasteiger partial charge in [0.05, 0.1) is 0 Å². The Hall–Kier alpha value is -0.650. The molecule has 0 aromatic heterocycles.